The molecule has 0 heterocycles. The largest absolute Gasteiger partial charge is 0.315 e. The summed E-state index contributed by atoms with van der Waals surface area (Å²) >= 11 is 0. The summed E-state index contributed by atoms with van der Waals surface area (Å²) < 4.78 is 0. The number of nitrogens with one attached hydrogen (secondary N) is 2. The Bertz CT molecular complexity index is 151. The molecular weight excluding hydrogens is 196 g/mol. The first kappa shape index (κ1) is 14.0. The lowest BCUT2D eigenvalue weighted by Crippen LogP contribution is -2.39. The summed E-state index contributed by atoms with van der Waals surface area (Å²) in [5, 5.41) is 7.15. The van der Waals surface area contributed by atoms with Gasteiger partial charge in [0.15, 0.2) is 0 Å². The Hall–Kier alpha value is -0.0800. The van der Waals surface area contributed by atoms with Crippen LogP contribution in [0.1, 0.15) is 58.8 Å². The first-order chi connectivity index (χ1) is 7.83. The Balaban J connectivity index is 2.03. The fourth-order valence-electron chi connectivity index (χ4n) is 2.50. The highest BCUT2D eigenvalue weighted by molar-refractivity contribution is 4.70. The van der Waals surface area contributed by atoms with E-state index in [1.54, 1.807) is 0 Å². The van der Waals surface area contributed by atoms with E-state index in [4.69, 9.17) is 0 Å². The molecule has 0 aliphatic heterocycles. The molecule has 96 valence electrons. The number of hydrogen-bond donors (Lipinski definition) is 2. The van der Waals surface area contributed by atoms with Crippen LogP contribution in [0, 0.1) is 5.92 Å². The summed E-state index contributed by atoms with van der Waals surface area (Å²) in [6.45, 7) is 8.00. The molecule has 0 spiro atoms. The molecule has 0 amide bonds. The lowest BCUT2D eigenvalue weighted by Gasteiger charge is -2.19. The second-order valence-corrected chi connectivity index (χ2v) is 5.37. The standard InChI is InChI=1S/C14H30N2/c1-3-10-15-11-13(2)16-12-14-8-6-4-5-7-9-14/h13-16H,3-12H2,1-2H3. The molecule has 1 aliphatic rings. The van der Waals surface area contributed by atoms with Crippen LogP contribution in [0.15, 0.2) is 0 Å². The average Bonchev–Trinajstić information content (AvgIpc) is 2.55. The molecule has 1 unspecified atom stereocenters. The Kier molecular flexibility index (Phi) is 7.87. The zero-order chi connectivity index (χ0) is 11.6. The maximum atomic E-state index is 3.68. The fraction of sp³-hybridized carbons (Fsp3) is 1.00. The highest BCUT2D eigenvalue weighted by Gasteiger charge is 2.12. The summed E-state index contributed by atoms with van der Waals surface area (Å²) in [4.78, 5) is 0. The minimum Gasteiger partial charge on any atom is -0.315 e. The molecule has 2 nitrogen and oxygen atoms in total. The molecule has 1 fully saturated rings. The van der Waals surface area contributed by atoms with Gasteiger partial charge in [-0.05, 0) is 45.2 Å². The third kappa shape index (κ3) is 6.49. The van der Waals surface area contributed by atoms with E-state index in [1.165, 1.54) is 51.5 Å². The molecule has 0 aromatic carbocycles. The van der Waals surface area contributed by atoms with E-state index in [0.29, 0.717) is 6.04 Å². The fourth-order valence-corrected chi connectivity index (χ4v) is 2.50. The van der Waals surface area contributed by atoms with Crippen LogP contribution < -0.4 is 10.6 Å². The summed E-state index contributed by atoms with van der Waals surface area (Å²) in [6, 6.07) is 0.620. The van der Waals surface area contributed by atoms with E-state index >= 15 is 0 Å². The van der Waals surface area contributed by atoms with Crippen molar-refractivity contribution in [3.8, 4) is 0 Å². The van der Waals surface area contributed by atoms with Crippen molar-refractivity contribution in [3.05, 3.63) is 0 Å². The normalized spacial score (nSPS) is 20.6. The van der Waals surface area contributed by atoms with E-state index < -0.39 is 0 Å². The predicted molar refractivity (Wildman–Crippen MR) is 71.8 cm³/mol. The second kappa shape index (κ2) is 9.00. The van der Waals surface area contributed by atoms with Gasteiger partial charge in [-0.3, -0.25) is 0 Å². The highest BCUT2D eigenvalue weighted by atomic mass is 15.0. The molecule has 16 heavy (non-hydrogen) atoms. The van der Waals surface area contributed by atoms with Crippen molar-refractivity contribution >= 4 is 0 Å². The predicted octanol–water partition coefficient (Wildman–Crippen LogP) is 2.93. The molecule has 2 N–H and O–H groups in total. The molecule has 0 bridgehead atoms. The topological polar surface area (TPSA) is 24.1 Å². The molecule has 0 radical (unpaired) electrons. The van der Waals surface area contributed by atoms with Crippen LogP contribution >= 0.6 is 0 Å². The maximum absolute atomic E-state index is 3.68. The van der Waals surface area contributed by atoms with Crippen LogP contribution in [0.3, 0.4) is 0 Å². The number of hydrogen-bond acceptors (Lipinski definition) is 2. The van der Waals surface area contributed by atoms with Crippen LogP contribution in [0.5, 0.6) is 0 Å². The van der Waals surface area contributed by atoms with Crippen LogP contribution in [0.25, 0.3) is 0 Å². The monoisotopic (exact) mass is 226 g/mol. The van der Waals surface area contributed by atoms with Crippen LogP contribution in [0.4, 0.5) is 0 Å². The van der Waals surface area contributed by atoms with Crippen molar-refractivity contribution in [1.82, 2.24) is 10.6 Å². The van der Waals surface area contributed by atoms with Crippen LogP contribution in [-0.4, -0.2) is 25.7 Å². The van der Waals surface area contributed by atoms with Gasteiger partial charge in [0.05, 0.1) is 0 Å². The minimum absolute atomic E-state index is 0.620. The summed E-state index contributed by atoms with van der Waals surface area (Å²) in [6.07, 6.45) is 9.96. The zero-order valence-corrected chi connectivity index (χ0v) is 11.2. The van der Waals surface area contributed by atoms with E-state index in [0.717, 1.165) is 19.0 Å². The van der Waals surface area contributed by atoms with Gasteiger partial charge >= 0.3 is 0 Å². The highest BCUT2D eigenvalue weighted by Crippen LogP contribution is 2.22. The minimum atomic E-state index is 0.620. The van der Waals surface area contributed by atoms with Gasteiger partial charge in [-0.1, -0.05) is 32.6 Å². The van der Waals surface area contributed by atoms with E-state index in [2.05, 4.69) is 24.5 Å². The van der Waals surface area contributed by atoms with Gasteiger partial charge in [-0.25, -0.2) is 0 Å². The van der Waals surface area contributed by atoms with Gasteiger partial charge in [0.25, 0.3) is 0 Å². The van der Waals surface area contributed by atoms with Gasteiger partial charge in [0, 0.05) is 12.6 Å². The first-order valence-corrected chi connectivity index (χ1v) is 7.27. The molecule has 0 aromatic rings. The molecule has 1 saturated carbocycles. The molecule has 1 atom stereocenters. The summed E-state index contributed by atoms with van der Waals surface area (Å²) in [5.41, 5.74) is 0. The lowest BCUT2D eigenvalue weighted by atomic mass is 10.0. The first-order valence-electron chi connectivity index (χ1n) is 7.27. The smallest absolute Gasteiger partial charge is 0.0164 e. The maximum Gasteiger partial charge on any atom is 0.0164 e. The van der Waals surface area contributed by atoms with Crippen molar-refractivity contribution in [2.45, 2.75) is 64.8 Å². The Morgan fingerprint density at radius 3 is 2.44 bits per heavy atom. The SMILES string of the molecule is CCCNCC(C)NCC1CCCCCC1. The molecule has 1 rings (SSSR count). The van der Waals surface area contributed by atoms with Crippen molar-refractivity contribution < 1.29 is 0 Å². The molecular formula is C14H30N2. The Morgan fingerprint density at radius 1 is 1.12 bits per heavy atom. The zero-order valence-electron chi connectivity index (χ0n) is 11.2. The van der Waals surface area contributed by atoms with Crippen LogP contribution in [-0.2, 0) is 0 Å². The summed E-state index contributed by atoms with van der Waals surface area (Å²) in [5.74, 6) is 0.941. The van der Waals surface area contributed by atoms with Gasteiger partial charge in [-0.2, -0.15) is 0 Å². The van der Waals surface area contributed by atoms with Crippen molar-refractivity contribution in [3.63, 3.8) is 0 Å². The van der Waals surface area contributed by atoms with Gasteiger partial charge < -0.3 is 10.6 Å². The third-order valence-corrected chi connectivity index (χ3v) is 3.61. The van der Waals surface area contributed by atoms with E-state index in [-0.39, 0.29) is 0 Å². The van der Waals surface area contributed by atoms with E-state index in [9.17, 15) is 0 Å². The van der Waals surface area contributed by atoms with Crippen molar-refractivity contribution in [2.75, 3.05) is 19.6 Å². The second-order valence-electron chi connectivity index (χ2n) is 5.37. The van der Waals surface area contributed by atoms with Crippen LogP contribution in [0.2, 0.25) is 0 Å². The Labute approximate surface area is 102 Å². The lowest BCUT2D eigenvalue weighted by molar-refractivity contribution is 0.391. The quantitative estimate of drug-likeness (QED) is 0.515. The molecule has 0 aromatic heterocycles. The van der Waals surface area contributed by atoms with Gasteiger partial charge in [0.2, 0.25) is 0 Å². The number of rotatable bonds is 7. The molecule has 0 saturated heterocycles. The van der Waals surface area contributed by atoms with Gasteiger partial charge in [-0.15, -0.1) is 0 Å². The summed E-state index contributed by atoms with van der Waals surface area (Å²) in [7, 11) is 0. The molecule has 1 aliphatic carbocycles. The Morgan fingerprint density at radius 2 is 1.81 bits per heavy atom. The van der Waals surface area contributed by atoms with Crippen molar-refractivity contribution in [2.24, 2.45) is 5.92 Å². The van der Waals surface area contributed by atoms with E-state index in [1.807, 2.05) is 0 Å². The molecule has 2 heteroatoms. The van der Waals surface area contributed by atoms with Gasteiger partial charge in [0.1, 0.15) is 0 Å². The third-order valence-electron chi connectivity index (χ3n) is 3.61. The average molecular weight is 226 g/mol. The van der Waals surface area contributed by atoms with Crippen molar-refractivity contribution in [1.29, 1.82) is 0 Å².